The predicted octanol–water partition coefficient (Wildman–Crippen LogP) is 1.87. The molecule has 0 aliphatic carbocycles. The van der Waals surface area contributed by atoms with Crippen molar-refractivity contribution in [2.75, 3.05) is 12.3 Å². The molecule has 5 nitrogen and oxygen atoms in total. The third kappa shape index (κ3) is 6.55. The molecule has 1 aromatic heterocycles. The average Bonchev–Trinajstić information content (AvgIpc) is 2.38. The average molecular weight is 321 g/mol. The summed E-state index contributed by atoms with van der Waals surface area (Å²) in [4.78, 5) is 3.77. The SMILES string of the molecule is N#CCCCS(=O)(=O)NCCc1cc(C(F)(F)F)ccn1. The van der Waals surface area contributed by atoms with E-state index >= 15 is 0 Å². The number of hydrogen-bond acceptors (Lipinski definition) is 4. The molecule has 0 saturated carbocycles. The van der Waals surface area contributed by atoms with E-state index in [0.717, 1.165) is 18.3 Å². The van der Waals surface area contributed by atoms with Gasteiger partial charge in [-0.3, -0.25) is 4.98 Å². The van der Waals surface area contributed by atoms with Crippen molar-refractivity contribution in [3.05, 3.63) is 29.6 Å². The minimum Gasteiger partial charge on any atom is -0.261 e. The molecule has 1 rings (SSSR count). The molecule has 0 bridgehead atoms. The first-order valence-corrected chi connectivity index (χ1v) is 7.76. The summed E-state index contributed by atoms with van der Waals surface area (Å²) in [6.07, 6.45) is -3.00. The Kier molecular flexibility index (Phi) is 6.11. The maximum atomic E-state index is 12.5. The van der Waals surface area contributed by atoms with Crippen molar-refractivity contribution in [1.29, 1.82) is 5.26 Å². The van der Waals surface area contributed by atoms with E-state index < -0.39 is 21.8 Å². The molecule has 0 aliphatic heterocycles. The van der Waals surface area contributed by atoms with Gasteiger partial charge in [-0.2, -0.15) is 18.4 Å². The second kappa shape index (κ2) is 7.38. The number of alkyl halides is 3. The molecule has 116 valence electrons. The molecule has 0 saturated heterocycles. The van der Waals surface area contributed by atoms with Crippen LogP contribution in [0.5, 0.6) is 0 Å². The normalized spacial score (nSPS) is 12.1. The quantitative estimate of drug-likeness (QED) is 0.777. The summed E-state index contributed by atoms with van der Waals surface area (Å²) < 4.78 is 62.7. The minimum atomic E-state index is -4.45. The highest BCUT2D eigenvalue weighted by atomic mass is 32.2. The number of unbranched alkanes of at least 4 members (excludes halogenated alkanes) is 1. The van der Waals surface area contributed by atoms with Crippen LogP contribution in [0.3, 0.4) is 0 Å². The molecule has 0 aliphatic rings. The molecular formula is C12H14F3N3O2S. The molecule has 0 spiro atoms. The summed E-state index contributed by atoms with van der Waals surface area (Å²) in [6, 6.07) is 3.58. The van der Waals surface area contributed by atoms with Crippen LogP contribution in [0.25, 0.3) is 0 Å². The van der Waals surface area contributed by atoms with Gasteiger partial charge in [0, 0.05) is 31.3 Å². The van der Waals surface area contributed by atoms with Crippen molar-refractivity contribution in [2.45, 2.75) is 25.4 Å². The fourth-order valence-corrected chi connectivity index (χ4v) is 2.62. The molecule has 0 aromatic carbocycles. The smallest absolute Gasteiger partial charge is 0.261 e. The van der Waals surface area contributed by atoms with Crippen LogP contribution < -0.4 is 4.72 Å². The van der Waals surface area contributed by atoms with Crippen molar-refractivity contribution >= 4 is 10.0 Å². The van der Waals surface area contributed by atoms with Gasteiger partial charge < -0.3 is 0 Å². The Bertz CT molecular complexity index is 609. The standard InChI is InChI=1S/C12H14F3N3O2S/c13-12(14,15)10-3-6-17-11(9-10)4-7-18-21(19,20)8-2-1-5-16/h3,6,9,18H,1-2,4,7-8H2. The Hall–Kier alpha value is -1.66. The molecule has 0 unspecified atom stereocenters. The highest BCUT2D eigenvalue weighted by Crippen LogP contribution is 2.28. The van der Waals surface area contributed by atoms with Crippen LogP contribution in [0.2, 0.25) is 0 Å². The Balaban J connectivity index is 2.51. The van der Waals surface area contributed by atoms with Crippen molar-refractivity contribution < 1.29 is 21.6 Å². The second-order valence-corrected chi connectivity index (χ2v) is 6.18. The van der Waals surface area contributed by atoms with Gasteiger partial charge in [-0.1, -0.05) is 0 Å². The third-order valence-corrected chi connectivity index (χ3v) is 4.02. The van der Waals surface area contributed by atoms with Gasteiger partial charge in [-0.15, -0.1) is 0 Å². The lowest BCUT2D eigenvalue weighted by Gasteiger charge is -2.09. The van der Waals surface area contributed by atoms with E-state index in [-0.39, 0.29) is 37.3 Å². The van der Waals surface area contributed by atoms with Gasteiger partial charge >= 0.3 is 6.18 Å². The number of sulfonamides is 1. The van der Waals surface area contributed by atoms with E-state index in [2.05, 4.69) is 9.71 Å². The number of hydrogen-bond donors (Lipinski definition) is 1. The lowest BCUT2D eigenvalue weighted by atomic mass is 10.2. The van der Waals surface area contributed by atoms with E-state index in [1.54, 1.807) is 0 Å². The molecule has 0 radical (unpaired) electrons. The van der Waals surface area contributed by atoms with Crippen molar-refractivity contribution in [3.63, 3.8) is 0 Å². The summed E-state index contributed by atoms with van der Waals surface area (Å²) in [7, 11) is -3.51. The first-order valence-electron chi connectivity index (χ1n) is 6.11. The number of rotatable bonds is 7. The molecule has 9 heteroatoms. The molecule has 21 heavy (non-hydrogen) atoms. The fourth-order valence-electron chi connectivity index (χ4n) is 1.54. The predicted molar refractivity (Wildman–Crippen MR) is 69.6 cm³/mol. The number of nitriles is 1. The summed E-state index contributed by atoms with van der Waals surface area (Å²) >= 11 is 0. The lowest BCUT2D eigenvalue weighted by molar-refractivity contribution is -0.137. The van der Waals surface area contributed by atoms with Gasteiger partial charge in [-0.05, 0) is 18.6 Å². The number of nitrogens with one attached hydrogen (secondary N) is 1. The van der Waals surface area contributed by atoms with Crippen LogP contribution in [-0.2, 0) is 22.6 Å². The second-order valence-electron chi connectivity index (χ2n) is 4.26. The van der Waals surface area contributed by atoms with Crippen molar-refractivity contribution in [1.82, 2.24) is 9.71 Å². The van der Waals surface area contributed by atoms with Crippen LogP contribution in [0.15, 0.2) is 18.3 Å². The molecule has 0 amide bonds. The summed E-state index contributed by atoms with van der Waals surface area (Å²) in [5.74, 6) is -0.184. The maximum absolute atomic E-state index is 12.5. The number of halogens is 3. The maximum Gasteiger partial charge on any atom is 0.416 e. The van der Waals surface area contributed by atoms with E-state index in [1.807, 2.05) is 6.07 Å². The minimum absolute atomic E-state index is 0.0385. The highest BCUT2D eigenvalue weighted by Gasteiger charge is 2.30. The van der Waals surface area contributed by atoms with Crippen LogP contribution >= 0.6 is 0 Å². The Morgan fingerprint density at radius 2 is 2.10 bits per heavy atom. The first kappa shape index (κ1) is 17.4. The van der Waals surface area contributed by atoms with E-state index in [9.17, 15) is 21.6 Å². The van der Waals surface area contributed by atoms with Crippen LogP contribution in [0.1, 0.15) is 24.1 Å². The molecule has 1 N–H and O–H groups in total. The Labute approximate surface area is 120 Å². The number of nitrogens with zero attached hydrogens (tertiary/aromatic N) is 2. The van der Waals surface area contributed by atoms with Crippen LogP contribution in [-0.4, -0.2) is 25.7 Å². The third-order valence-electron chi connectivity index (χ3n) is 2.55. The van der Waals surface area contributed by atoms with E-state index in [0.29, 0.717) is 0 Å². The zero-order valence-corrected chi connectivity index (χ0v) is 11.8. The van der Waals surface area contributed by atoms with E-state index in [4.69, 9.17) is 5.26 Å². The summed E-state index contributed by atoms with van der Waals surface area (Å²) in [6.45, 7) is -0.0385. The molecule has 1 aromatic rings. The molecule has 0 fully saturated rings. The highest BCUT2D eigenvalue weighted by molar-refractivity contribution is 7.89. The topological polar surface area (TPSA) is 82.8 Å². The summed E-state index contributed by atoms with van der Waals surface area (Å²) in [5, 5.41) is 8.31. The van der Waals surface area contributed by atoms with Crippen molar-refractivity contribution in [2.24, 2.45) is 0 Å². The number of aromatic nitrogens is 1. The van der Waals surface area contributed by atoms with Gasteiger partial charge in [-0.25, -0.2) is 13.1 Å². The largest absolute Gasteiger partial charge is 0.416 e. The lowest BCUT2D eigenvalue weighted by Crippen LogP contribution is -2.28. The van der Waals surface area contributed by atoms with Crippen LogP contribution in [0, 0.1) is 11.3 Å². The van der Waals surface area contributed by atoms with Gasteiger partial charge in [0.05, 0.1) is 17.4 Å². The number of pyridine rings is 1. The monoisotopic (exact) mass is 321 g/mol. The Morgan fingerprint density at radius 1 is 1.38 bits per heavy atom. The van der Waals surface area contributed by atoms with Gasteiger partial charge in [0.25, 0.3) is 0 Å². The fraction of sp³-hybridized carbons (Fsp3) is 0.500. The van der Waals surface area contributed by atoms with Gasteiger partial charge in [0.15, 0.2) is 0 Å². The zero-order valence-electron chi connectivity index (χ0n) is 11.0. The van der Waals surface area contributed by atoms with Crippen LogP contribution in [0.4, 0.5) is 13.2 Å². The molecule has 1 heterocycles. The zero-order chi connectivity index (χ0) is 15.9. The van der Waals surface area contributed by atoms with Crippen molar-refractivity contribution in [3.8, 4) is 6.07 Å². The molecule has 0 atom stereocenters. The Morgan fingerprint density at radius 3 is 2.71 bits per heavy atom. The first-order chi connectivity index (χ1) is 9.74. The molecular weight excluding hydrogens is 307 g/mol. The summed E-state index contributed by atoms with van der Waals surface area (Å²) in [5.41, 5.74) is -0.658. The van der Waals surface area contributed by atoms with E-state index in [1.165, 1.54) is 0 Å². The van der Waals surface area contributed by atoms with Gasteiger partial charge in [0.2, 0.25) is 10.0 Å². The van der Waals surface area contributed by atoms with Gasteiger partial charge in [0.1, 0.15) is 0 Å².